The minimum absolute atomic E-state index is 0.360. The third-order valence-corrected chi connectivity index (χ3v) is 2.75. The molecule has 0 unspecified atom stereocenters. The molecule has 0 bridgehead atoms. The van der Waals surface area contributed by atoms with Gasteiger partial charge in [-0.1, -0.05) is 6.07 Å². The van der Waals surface area contributed by atoms with Crippen molar-refractivity contribution >= 4 is 28.7 Å². The molecular weight excluding hydrogens is 260 g/mol. The van der Waals surface area contributed by atoms with Crippen molar-refractivity contribution < 1.29 is 19.1 Å². The van der Waals surface area contributed by atoms with E-state index in [2.05, 4.69) is 0 Å². The Balaban J connectivity index is 2.50. The Morgan fingerprint density at radius 1 is 1.15 bits per heavy atom. The van der Waals surface area contributed by atoms with Crippen molar-refractivity contribution in [1.82, 2.24) is 9.47 Å². The van der Waals surface area contributed by atoms with Crippen LogP contribution in [0, 0.1) is 0 Å². The van der Waals surface area contributed by atoms with Crippen LogP contribution < -0.4 is 4.74 Å². The maximum Gasteiger partial charge on any atom is 0.320 e. The summed E-state index contributed by atoms with van der Waals surface area (Å²) in [4.78, 5) is 36.0. The quantitative estimate of drug-likeness (QED) is 0.446. The standard InChI is InChI=1S/C14H14N2O4/c1-9(17)20-12-6-4-5-11-10(12)7-8-16(11)14(19)13(18)15(2)3/h4-8H,1-3H3. The van der Waals surface area contributed by atoms with E-state index in [4.69, 9.17) is 4.74 Å². The zero-order valence-corrected chi connectivity index (χ0v) is 11.4. The van der Waals surface area contributed by atoms with Crippen molar-refractivity contribution in [2.24, 2.45) is 0 Å². The fourth-order valence-corrected chi connectivity index (χ4v) is 1.85. The number of aromatic nitrogens is 1. The van der Waals surface area contributed by atoms with Crippen LogP contribution in [0.4, 0.5) is 0 Å². The highest BCUT2D eigenvalue weighted by Gasteiger charge is 2.20. The third kappa shape index (κ3) is 2.40. The number of benzene rings is 1. The molecule has 0 fully saturated rings. The molecule has 0 atom stereocenters. The van der Waals surface area contributed by atoms with Crippen LogP contribution in [0.2, 0.25) is 0 Å². The van der Waals surface area contributed by atoms with E-state index >= 15 is 0 Å². The van der Waals surface area contributed by atoms with E-state index in [1.807, 2.05) is 0 Å². The number of carbonyl (C=O) groups excluding carboxylic acids is 3. The van der Waals surface area contributed by atoms with Gasteiger partial charge in [-0.05, 0) is 18.2 Å². The smallest absolute Gasteiger partial charge is 0.320 e. The number of hydrogen-bond acceptors (Lipinski definition) is 4. The van der Waals surface area contributed by atoms with Crippen LogP contribution in [0.3, 0.4) is 0 Å². The molecule has 0 aliphatic rings. The maximum absolute atomic E-state index is 12.1. The molecule has 2 aromatic rings. The zero-order valence-electron chi connectivity index (χ0n) is 11.4. The predicted molar refractivity (Wildman–Crippen MR) is 72.6 cm³/mol. The number of ether oxygens (including phenoxy) is 1. The van der Waals surface area contributed by atoms with E-state index in [-0.39, 0.29) is 0 Å². The largest absolute Gasteiger partial charge is 0.426 e. The molecule has 1 amide bonds. The second kappa shape index (κ2) is 5.16. The number of likely N-dealkylation sites (N-methyl/N-ethyl adjacent to an activating group) is 1. The average Bonchev–Trinajstić information content (AvgIpc) is 2.81. The number of hydrogen-bond donors (Lipinski definition) is 0. The molecule has 0 spiro atoms. The first kappa shape index (κ1) is 13.8. The summed E-state index contributed by atoms with van der Waals surface area (Å²) in [6.07, 6.45) is 1.49. The zero-order chi connectivity index (χ0) is 14.9. The average molecular weight is 274 g/mol. The van der Waals surface area contributed by atoms with Gasteiger partial charge in [0, 0.05) is 32.6 Å². The summed E-state index contributed by atoms with van der Waals surface area (Å²) in [5.41, 5.74) is 0.518. The first-order chi connectivity index (χ1) is 9.41. The van der Waals surface area contributed by atoms with Crippen molar-refractivity contribution in [2.75, 3.05) is 14.1 Å². The van der Waals surface area contributed by atoms with Crippen LogP contribution in [0.25, 0.3) is 10.9 Å². The van der Waals surface area contributed by atoms with Crippen molar-refractivity contribution in [1.29, 1.82) is 0 Å². The van der Waals surface area contributed by atoms with Crippen molar-refractivity contribution in [3.8, 4) is 5.75 Å². The highest BCUT2D eigenvalue weighted by Crippen LogP contribution is 2.26. The van der Waals surface area contributed by atoms with Gasteiger partial charge < -0.3 is 9.64 Å². The van der Waals surface area contributed by atoms with Gasteiger partial charge in [0.05, 0.1) is 5.52 Å². The van der Waals surface area contributed by atoms with Crippen LogP contribution >= 0.6 is 0 Å². The molecule has 1 aromatic carbocycles. The first-order valence-corrected chi connectivity index (χ1v) is 5.96. The summed E-state index contributed by atoms with van der Waals surface area (Å²) in [5.74, 6) is -1.37. The van der Waals surface area contributed by atoms with Gasteiger partial charge in [-0.15, -0.1) is 0 Å². The predicted octanol–water partition coefficient (Wildman–Crippen LogP) is 1.29. The van der Waals surface area contributed by atoms with E-state index in [9.17, 15) is 14.4 Å². The molecule has 0 saturated heterocycles. The molecule has 6 heteroatoms. The molecule has 20 heavy (non-hydrogen) atoms. The third-order valence-electron chi connectivity index (χ3n) is 2.75. The summed E-state index contributed by atoms with van der Waals surface area (Å²) in [6.45, 7) is 1.30. The summed E-state index contributed by atoms with van der Waals surface area (Å²) in [5, 5.41) is 0.600. The lowest BCUT2D eigenvalue weighted by Crippen LogP contribution is -2.33. The lowest BCUT2D eigenvalue weighted by molar-refractivity contribution is -0.131. The van der Waals surface area contributed by atoms with E-state index in [0.29, 0.717) is 16.7 Å². The lowest BCUT2D eigenvalue weighted by Gasteiger charge is -2.10. The van der Waals surface area contributed by atoms with E-state index in [1.165, 1.54) is 36.7 Å². The fraction of sp³-hybridized carbons (Fsp3) is 0.214. The second-order valence-electron chi connectivity index (χ2n) is 4.47. The van der Waals surface area contributed by atoms with Crippen molar-refractivity contribution in [3.63, 3.8) is 0 Å². The number of nitrogens with zero attached hydrogens (tertiary/aromatic N) is 2. The Bertz CT molecular complexity index is 700. The van der Waals surface area contributed by atoms with Crippen LogP contribution in [-0.4, -0.2) is 41.3 Å². The van der Waals surface area contributed by atoms with Crippen LogP contribution in [-0.2, 0) is 9.59 Å². The van der Waals surface area contributed by atoms with Gasteiger partial charge in [0.1, 0.15) is 5.75 Å². The van der Waals surface area contributed by atoms with E-state index < -0.39 is 17.8 Å². The Labute approximate surface area is 115 Å². The lowest BCUT2D eigenvalue weighted by atomic mass is 10.2. The van der Waals surface area contributed by atoms with Gasteiger partial charge in [-0.2, -0.15) is 0 Å². The highest BCUT2D eigenvalue weighted by atomic mass is 16.5. The van der Waals surface area contributed by atoms with Crippen LogP contribution in [0.15, 0.2) is 30.5 Å². The Kier molecular flexibility index (Phi) is 3.56. The molecule has 104 valence electrons. The number of carbonyl (C=O) groups is 3. The van der Waals surface area contributed by atoms with Gasteiger partial charge in [0.15, 0.2) is 0 Å². The van der Waals surface area contributed by atoms with Crippen LogP contribution in [0.1, 0.15) is 11.7 Å². The molecule has 0 saturated carbocycles. The maximum atomic E-state index is 12.1. The highest BCUT2D eigenvalue weighted by molar-refractivity contribution is 6.37. The summed E-state index contributed by atoms with van der Waals surface area (Å²) >= 11 is 0. The van der Waals surface area contributed by atoms with Crippen molar-refractivity contribution in [2.45, 2.75) is 6.92 Å². The summed E-state index contributed by atoms with van der Waals surface area (Å²) in [7, 11) is 3.02. The molecule has 2 rings (SSSR count). The van der Waals surface area contributed by atoms with Gasteiger partial charge in [0.2, 0.25) is 0 Å². The number of fused-ring (bicyclic) bond motifs is 1. The monoisotopic (exact) mass is 274 g/mol. The van der Waals surface area contributed by atoms with Gasteiger partial charge in [0.25, 0.3) is 0 Å². The molecule has 0 radical (unpaired) electrons. The molecular formula is C14H14N2O4. The fourth-order valence-electron chi connectivity index (χ4n) is 1.85. The van der Waals surface area contributed by atoms with Crippen LogP contribution in [0.5, 0.6) is 5.75 Å². The Morgan fingerprint density at radius 2 is 1.85 bits per heavy atom. The normalized spacial score (nSPS) is 10.3. The van der Waals surface area contributed by atoms with Gasteiger partial charge >= 0.3 is 17.8 Å². The summed E-state index contributed by atoms with van der Waals surface area (Å²) in [6, 6.07) is 6.61. The Morgan fingerprint density at radius 3 is 2.45 bits per heavy atom. The first-order valence-electron chi connectivity index (χ1n) is 5.96. The number of rotatable bonds is 1. The summed E-state index contributed by atoms with van der Waals surface area (Å²) < 4.78 is 6.31. The minimum Gasteiger partial charge on any atom is -0.426 e. The number of esters is 1. The molecule has 1 aromatic heterocycles. The molecule has 1 heterocycles. The van der Waals surface area contributed by atoms with Gasteiger partial charge in [-0.25, -0.2) is 0 Å². The Hall–Kier alpha value is -2.63. The number of amides is 1. The van der Waals surface area contributed by atoms with Crippen molar-refractivity contribution in [3.05, 3.63) is 30.5 Å². The molecule has 0 aliphatic carbocycles. The SMILES string of the molecule is CC(=O)Oc1cccc2c1ccn2C(=O)C(=O)N(C)C. The van der Waals surface area contributed by atoms with Gasteiger partial charge in [-0.3, -0.25) is 19.0 Å². The molecule has 0 aliphatic heterocycles. The topological polar surface area (TPSA) is 68.6 Å². The minimum atomic E-state index is -0.662. The van der Waals surface area contributed by atoms with E-state index in [1.54, 1.807) is 24.3 Å². The second-order valence-corrected chi connectivity index (χ2v) is 4.47. The molecule has 6 nitrogen and oxygen atoms in total. The van der Waals surface area contributed by atoms with E-state index in [0.717, 1.165) is 0 Å². The molecule has 0 N–H and O–H groups in total.